The summed E-state index contributed by atoms with van der Waals surface area (Å²) in [4.78, 5) is 15.0. The SMILES string of the molecule is C[C@H]1[C@H](N[11C](=O)c2ccc3occc3c2)C2CCN1CC2. The van der Waals surface area contributed by atoms with Crippen LogP contribution < -0.4 is 5.32 Å². The molecule has 3 aliphatic heterocycles. The first-order valence-corrected chi connectivity index (χ1v) is 7.74. The standard InChI is InChI=1S/C17H20N2O2/c1-11-16(12-4-7-19(11)8-5-12)18-17(20)14-2-3-15-13(10-14)6-9-21-15/h2-3,6,9-12,16H,4-5,7-8H2,1H3,(H,18,20)/t11-,16-/m0/s1/i17-1. The second kappa shape index (κ2) is 4.88. The molecule has 0 spiro atoms. The minimum Gasteiger partial charge on any atom is -0.464 e. The van der Waals surface area contributed by atoms with Gasteiger partial charge in [-0.3, -0.25) is 9.69 Å². The van der Waals surface area contributed by atoms with Crippen molar-refractivity contribution in [3.05, 3.63) is 36.1 Å². The second-order valence-corrected chi connectivity index (χ2v) is 6.29. The number of rotatable bonds is 2. The van der Waals surface area contributed by atoms with E-state index in [2.05, 4.69) is 17.1 Å². The summed E-state index contributed by atoms with van der Waals surface area (Å²) in [6, 6.07) is 8.22. The maximum atomic E-state index is 12.5. The molecule has 3 saturated heterocycles. The molecule has 3 aliphatic rings. The maximum absolute atomic E-state index is 12.5. The van der Waals surface area contributed by atoms with Gasteiger partial charge in [-0.2, -0.15) is 0 Å². The molecule has 1 N–H and O–H groups in total. The van der Waals surface area contributed by atoms with Gasteiger partial charge in [0.15, 0.2) is 0 Å². The summed E-state index contributed by atoms with van der Waals surface area (Å²) in [6.07, 6.45) is 4.06. The van der Waals surface area contributed by atoms with Crippen LogP contribution in [-0.2, 0) is 0 Å². The lowest BCUT2D eigenvalue weighted by Gasteiger charge is -2.49. The zero-order valence-electron chi connectivity index (χ0n) is 12.2. The first-order chi connectivity index (χ1) is 10.2. The number of nitrogens with zero attached hydrogens (tertiary/aromatic N) is 1. The first-order valence-electron chi connectivity index (χ1n) is 7.74. The molecular weight excluding hydrogens is 263 g/mol. The van der Waals surface area contributed by atoms with Crippen molar-refractivity contribution in [3.63, 3.8) is 0 Å². The van der Waals surface area contributed by atoms with E-state index in [9.17, 15) is 4.79 Å². The Labute approximate surface area is 124 Å². The summed E-state index contributed by atoms with van der Waals surface area (Å²) in [5.41, 5.74) is 1.54. The Kier molecular flexibility index (Phi) is 3.00. The minimum atomic E-state index is 0.0312. The first kappa shape index (κ1) is 12.9. The number of fused-ring (bicyclic) bond motifs is 4. The summed E-state index contributed by atoms with van der Waals surface area (Å²) in [5, 5.41) is 4.24. The van der Waals surface area contributed by atoms with Crippen LogP contribution in [0.3, 0.4) is 0 Å². The normalized spacial score (nSPS) is 31.5. The number of nitrogens with one attached hydrogen (secondary N) is 1. The van der Waals surface area contributed by atoms with Crippen molar-refractivity contribution in [1.82, 2.24) is 10.2 Å². The summed E-state index contributed by atoms with van der Waals surface area (Å²) in [6.45, 7) is 4.59. The van der Waals surface area contributed by atoms with Crippen LogP contribution in [0.2, 0.25) is 0 Å². The van der Waals surface area contributed by atoms with Crippen molar-refractivity contribution in [2.24, 2.45) is 5.92 Å². The zero-order chi connectivity index (χ0) is 14.4. The molecule has 0 radical (unpaired) electrons. The second-order valence-electron chi connectivity index (χ2n) is 6.29. The molecule has 110 valence electrons. The summed E-state index contributed by atoms with van der Waals surface area (Å²) in [5.74, 6) is 0.662. The van der Waals surface area contributed by atoms with Gasteiger partial charge in [0.25, 0.3) is 5.91 Å². The predicted molar refractivity (Wildman–Crippen MR) is 81.2 cm³/mol. The van der Waals surface area contributed by atoms with Gasteiger partial charge in [-0.25, -0.2) is 0 Å². The van der Waals surface area contributed by atoms with Crippen LogP contribution in [0.4, 0.5) is 0 Å². The highest BCUT2D eigenvalue weighted by Crippen LogP contribution is 2.32. The van der Waals surface area contributed by atoms with Crippen LogP contribution >= 0.6 is 0 Å². The van der Waals surface area contributed by atoms with Crippen LogP contribution in [0, 0.1) is 5.92 Å². The van der Waals surface area contributed by atoms with Gasteiger partial charge in [-0.05, 0) is 63.0 Å². The van der Waals surface area contributed by atoms with Crippen LogP contribution in [0.1, 0.15) is 30.1 Å². The molecular formula is C17H20N2O2. The number of amides is 1. The minimum absolute atomic E-state index is 0.0312. The summed E-state index contributed by atoms with van der Waals surface area (Å²) < 4.78 is 5.32. The van der Waals surface area contributed by atoms with Crippen LogP contribution in [0.25, 0.3) is 11.0 Å². The van der Waals surface area contributed by atoms with Crippen molar-refractivity contribution in [1.29, 1.82) is 0 Å². The Morgan fingerprint density at radius 3 is 2.86 bits per heavy atom. The van der Waals surface area contributed by atoms with E-state index in [-0.39, 0.29) is 11.9 Å². The number of hydrogen-bond acceptors (Lipinski definition) is 3. The van der Waals surface area contributed by atoms with E-state index in [0.717, 1.165) is 11.0 Å². The highest BCUT2D eigenvalue weighted by Gasteiger charge is 2.40. The third kappa shape index (κ3) is 2.14. The molecule has 0 saturated carbocycles. The fraction of sp³-hybridized carbons (Fsp3) is 0.471. The van der Waals surface area contributed by atoms with E-state index in [1.165, 1.54) is 25.9 Å². The average molecular weight is 283 g/mol. The molecule has 4 heterocycles. The highest BCUT2D eigenvalue weighted by atomic mass is 16.3. The molecule has 4 nitrogen and oxygen atoms in total. The number of carbonyl (C=O) groups is 1. The number of furan rings is 1. The molecule has 1 aromatic carbocycles. The number of piperidine rings is 3. The van der Waals surface area contributed by atoms with E-state index < -0.39 is 0 Å². The van der Waals surface area contributed by atoms with Crippen LogP contribution in [-0.4, -0.2) is 36.0 Å². The van der Waals surface area contributed by atoms with E-state index in [0.29, 0.717) is 17.5 Å². The third-order valence-corrected chi connectivity index (χ3v) is 5.19. The van der Waals surface area contributed by atoms with E-state index in [1.807, 2.05) is 24.3 Å². The average Bonchev–Trinajstić information content (AvgIpc) is 2.98. The lowest BCUT2D eigenvalue weighted by Crippen LogP contribution is -2.62. The van der Waals surface area contributed by atoms with Gasteiger partial charge in [0.2, 0.25) is 0 Å². The van der Waals surface area contributed by atoms with Gasteiger partial charge in [0.05, 0.1) is 6.26 Å². The Hall–Kier alpha value is -1.81. The topological polar surface area (TPSA) is 45.5 Å². The van der Waals surface area contributed by atoms with E-state index in [1.54, 1.807) is 6.26 Å². The quantitative estimate of drug-likeness (QED) is 0.921. The fourth-order valence-electron chi connectivity index (χ4n) is 3.89. The van der Waals surface area contributed by atoms with Crippen molar-refractivity contribution >= 4 is 16.9 Å². The molecule has 2 atom stereocenters. The lowest BCUT2D eigenvalue weighted by atomic mass is 9.76. The van der Waals surface area contributed by atoms with Gasteiger partial charge in [-0.1, -0.05) is 0 Å². The molecule has 1 amide bonds. The molecule has 5 rings (SSSR count). The predicted octanol–water partition coefficient (Wildman–Crippen LogP) is 2.65. The Morgan fingerprint density at radius 2 is 2.10 bits per heavy atom. The Balaban J connectivity index is 1.54. The van der Waals surface area contributed by atoms with Crippen molar-refractivity contribution in [2.45, 2.75) is 31.8 Å². The molecule has 0 aliphatic carbocycles. The lowest BCUT2D eigenvalue weighted by molar-refractivity contribution is 0.0217. The largest absolute Gasteiger partial charge is 0.464 e. The smallest absolute Gasteiger partial charge is 0.251 e. The third-order valence-electron chi connectivity index (χ3n) is 5.19. The summed E-state index contributed by atoms with van der Waals surface area (Å²) >= 11 is 0. The van der Waals surface area contributed by atoms with Crippen LogP contribution in [0.15, 0.2) is 34.9 Å². The molecule has 3 fully saturated rings. The Morgan fingerprint density at radius 1 is 1.29 bits per heavy atom. The van der Waals surface area contributed by atoms with Gasteiger partial charge >= 0.3 is 0 Å². The fourth-order valence-corrected chi connectivity index (χ4v) is 3.89. The van der Waals surface area contributed by atoms with Gasteiger partial charge in [0, 0.05) is 23.0 Å². The van der Waals surface area contributed by atoms with Crippen molar-refractivity contribution < 1.29 is 9.21 Å². The number of carbonyl (C=O) groups excluding carboxylic acids is 1. The zero-order valence-corrected chi connectivity index (χ0v) is 12.2. The van der Waals surface area contributed by atoms with Gasteiger partial charge < -0.3 is 9.73 Å². The van der Waals surface area contributed by atoms with Crippen molar-refractivity contribution in [3.8, 4) is 0 Å². The van der Waals surface area contributed by atoms with Crippen LogP contribution in [0.5, 0.6) is 0 Å². The van der Waals surface area contributed by atoms with Gasteiger partial charge in [-0.15, -0.1) is 0 Å². The molecule has 21 heavy (non-hydrogen) atoms. The molecule has 2 aromatic rings. The molecule has 2 bridgehead atoms. The highest BCUT2D eigenvalue weighted by molar-refractivity contribution is 5.97. The molecule has 0 unspecified atom stereocenters. The maximum Gasteiger partial charge on any atom is 0.251 e. The molecule has 1 aromatic heterocycles. The number of benzene rings is 1. The number of hydrogen-bond donors (Lipinski definition) is 1. The van der Waals surface area contributed by atoms with Gasteiger partial charge in [0.1, 0.15) is 5.58 Å². The van der Waals surface area contributed by atoms with Crippen molar-refractivity contribution in [2.75, 3.05) is 13.1 Å². The Bertz CT molecular complexity index is 668. The summed E-state index contributed by atoms with van der Waals surface area (Å²) in [7, 11) is 0. The monoisotopic (exact) mass is 283 g/mol. The molecule has 4 heteroatoms. The van der Waals surface area contributed by atoms with E-state index in [4.69, 9.17) is 4.42 Å². The van der Waals surface area contributed by atoms with E-state index >= 15 is 0 Å².